The summed E-state index contributed by atoms with van der Waals surface area (Å²) in [5.41, 5.74) is 1.27. The molecule has 2 aliphatic heterocycles. The van der Waals surface area contributed by atoms with Crippen LogP contribution in [0.25, 0.3) is 6.08 Å². The number of rotatable bonds is 0. The van der Waals surface area contributed by atoms with E-state index in [4.69, 9.17) is 4.74 Å². The van der Waals surface area contributed by atoms with E-state index in [9.17, 15) is 0 Å². The van der Waals surface area contributed by atoms with E-state index in [0.717, 1.165) is 22.7 Å². The van der Waals surface area contributed by atoms with E-state index in [1.165, 1.54) is 5.56 Å². The summed E-state index contributed by atoms with van der Waals surface area (Å²) < 4.78 is 5.39. The molecule has 0 amide bonds. The van der Waals surface area contributed by atoms with Crippen LogP contribution in [-0.4, -0.2) is 0 Å². The summed E-state index contributed by atoms with van der Waals surface area (Å²) in [5, 5.41) is 2.16. The fraction of sp³-hybridized carbons (Fsp3) is 0.0833. The summed E-state index contributed by atoms with van der Waals surface area (Å²) in [6.07, 6.45) is 10.5. The predicted octanol–water partition coefficient (Wildman–Crippen LogP) is 1.06. The zero-order valence-electron chi connectivity index (χ0n) is 7.60. The van der Waals surface area contributed by atoms with Gasteiger partial charge in [-0.1, -0.05) is 6.08 Å². The van der Waals surface area contributed by atoms with Gasteiger partial charge < -0.3 is 4.74 Å². The third kappa shape index (κ3) is 1.08. The minimum Gasteiger partial charge on any atom is -0.464 e. The molecule has 0 spiro atoms. The van der Waals surface area contributed by atoms with Crippen LogP contribution >= 0.6 is 0 Å². The van der Waals surface area contributed by atoms with E-state index in [0.29, 0.717) is 0 Å². The highest BCUT2D eigenvalue weighted by Gasteiger charge is 2.04. The zero-order valence-corrected chi connectivity index (χ0v) is 7.60. The molecule has 0 bridgehead atoms. The fourth-order valence-electron chi connectivity index (χ4n) is 1.72. The quantitative estimate of drug-likeness (QED) is 0.589. The number of fused-ring (bicyclic) bond motifs is 2. The van der Waals surface area contributed by atoms with Gasteiger partial charge >= 0.3 is 0 Å². The highest BCUT2D eigenvalue weighted by Crippen LogP contribution is 2.07. The summed E-state index contributed by atoms with van der Waals surface area (Å²) in [4.78, 5) is 4.30. The zero-order chi connectivity index (χ0) is 9.38. The number of nitrogens with zero attached hydrogens (tertiary/aromatic N) is 1. The Labute approximate surface area is 81.5 Å². The summed E-state index contributed by atoms with van der Waals surface area (Å²) in [6.45, 7) is 0. The number of allylic oxidation sites excluding steroid dienone is 2. The SMILES string of the molecule is C1=COc2cc3c(cc2=C1)CC=CN=3. The second-order valence-corrected chi connectivity index (χ2v) is 3.35. The van der Waals surface area contributed by atoms with Crippen LogP contribution in [0.1, 0.15) is 5.56 Å². The van der Waals surface area contributed by atoms with E-state index in [-0.39, 0.29) is 0 Å². The van der Waals surface area contributed by atoms with Gasteiger partial charge in [-0.15, -0.1) is 0 Å². The molecule has 0 fully saturated rings. The van der Waals surface area contributed by atoms with Crippen molar-refractivity contribution in [3.05, 3.63) is 52.9 Å². The van der Waals surface area contributed by atoms with Gasteiger partial charge in [-0.05, 0) is 30.2 Å². The second kappa shape index (κ2) is 2.84. The Morgan fingerprint density at radius 1 is 1.29 bits per heavy atom. The van der Waals surface area contributed by atoms with Crippen LogP contribution in [0.2, 0.25) is 0 Å². The molecule has 0 radical (unpaired) electrons. The van der Waals surface area contributed by atoms with Crippen molar-refractivity contribution >= 4 is 6.08 Å². The molecular formula is C12H9NO. The monoisotopic (exact) mass is 183 g/mol. The van der Waals surface area contributed by atoms with E-state index < -0.39 is 0 Å². The standard InChI is InChI=1S/C12H9NO/c1-3-9-7-10-4-2-6-14-12(10)8-11(9)13-5-1/h1-2,4-8H,3H2. The maximum absolute atomic E-state index is 5.39. The van der Waals surface area contributed by atoms with Gasteiger partial charge in [0.2, 0.25) is 0 Å². The van der Waals surface area contributed by atoms with Crippen molar-refractivity contribution in [2.24, 2.45) is 4.99 Å². The molecule has 2 heteroatoms. The fourth-order valence-corrected chi connectivity index (χ4v) is 1.72. The van der Waals surface area contributed by atoms with Crippen molar-refractivity contribution in [1.82, 2.24) is 0 Å². The summed E-state index contributed by atoms with van der Waals surface area (Å²) in [5.74, 6) is 0.894. The molecule has 0 saturated heterocycles. The van der Waals surface area contributed by atoms with Crippen molar-refractivity contribution in [2.75, 3.05) is 0 Å². The van der Waals surface area contributed by atoms with Gasteiger partial charge in [0.05, 0.1) is 11.6 Å². The van der Waals surface area contributed by atoms with Crippen LogP contribution in [0, 0.1) is 0 Å². The smallest absolute Gasteiger partial charge is 0.135 e. The lowest BCUT2D eigenvalue weighted by molar-refractivity contribution is 0.473. The van der Waals surface area contributed by atoms with Gasteiger partial charge in [-0.3, -0.25) is 4.99 Å². The Morgan fingerprint density at radius 2 is 2.29 bits per heavy atom. The average Bonchev–Trinajstić information content (AvgIpc) is 2.26. The van der Waals surface area contributed by atoms with Gasteiger partial charge in [0.1, 0.15) is 5.75 Å². The average molecular weight is 183 g/mol. The topological polar surface area (TPSA) is 21.6 Å². The van der Waals surface area contributed by atoms with E-state index in [1.54, 1.807) is 6.26 Å². The Balaban J connectivity index is 2.35. The molecule has 14 heavy (non-hydrogen) atoms. The first-order valence-corrected chi connectivity index (χ1v) is 4.63. The van der Waals surface area contributed by atoms with Crippen molar-refractivity contribution in [1.29, 1.82) is 0 Å². The van der Waals surface area contributed by atoms with Crippen molar-refractivity contribution in [3.8, 4) is 5.75 Å². The molecular weight excluding hydrogens is 174 g/mol. The third-order valence-corrected chi connectivity index (χ3v) is 2.42. The molecule has 1 aromatic rings. The van der Waals surface area contributed by atoms with Gasteiger partial charge in [-0.2, -0.15) is 0 Å². The van der Waals surface area contributed by atoms with Crippen molar-refractivity contribution < 1.29 is 4.74 Å². The Kier molecular flexibility index (Phi) is 1.53. The summed E-state index contributed by atoms with van der Waals surface area (Å²) in [7, 11) is 0. The van der Waals surface area contributed by atoms with Crippen LogP contribution in [0.4, 0.5) is 0 Å². The van der Waals surface area contributed by atoms with Crippen LogP contribution in [0.15, 0.2) is 41.7 Å². The maximum Gasteiger partial charge on any atom is 0.135 e. The van der Waals surface area contributed by atoms with Crippen molar-refractivity contribution in [2.45, 2.75) is 6.42 Å². The molecule has 2 aliphatic rings. The highest BCUT2D eigenvalue weighted by molar-refractivity contribution is 5.46. The van der Waals surface area contributed by atoms with Gasteiger partial charge in [0.15, 0.2) is 0 Å². The molecule has 0 N–H and O–H groups in total. The minimum atomic E-state index is 0.894. The first-order valence-electron chi connectivity index (χ1n) is 4.63. The van der Waals surface area contributed by atoms with Gasteiger partial charge in [-0.25, -0.2) is 0 Å². The third-order valence-electron chi connectivity index (χ3n) is 2.42. The van der Waals surface area contributed by atoms with E-state index in [1.807, 2.05) is 18.3 Å². The van der Waals surface area contributed by atoms with Crippen molar-refractivity contribution in [3.63, 3.8) is 0 Å². The molecule has 0 saturated carbocycles. The van der Waals surface area contributed by atoms with Gasteiger partial charge in [0, 0.05) is 17.5 Å². The molecule has 0 aromatic heterocycles. The maximum atomic E-state index is 5.39. The molecule has 1 aromatic carbocycles. The largest absolute Gasteiger partial charge is 0.464 e. The Hall–Kier alpha value is -1.83. The van der Waals surface area contributed by atoms with Crippen LogP contribution in [-0.2, 0) is 6.42 Å². The molecule has 0 unspecified atom stereocenters. The number of hydrogen-bond acceptors (Lipinski definition) is 2. The number of ether oxygens (including phenoxy) is 1. The van der Waals surface area contributed by atoms with Crippen LogP contribution < -0.4 is 15.3 Å². The van der Waals surface area contributed by atoms with Crippen LogP contribution in [0.3, 0.4) is 0 Å². The second-order valence-electron chi connectivity index (χ2n) is 3.35. The summed E-state index contributed by atoms with van der Waals surface area (Å²) >= 11 is 0. The minimum absolute atomic E-state index is 0.894. The van der Waals surface area contributed by atoms with E-state index >= 15 is 0 Å². The van der Waals surface area contributed by atoms with Gasteiger partial charge in [0.25, 0.3) is 0 Å². The Bertz CT molecular complexity index is 501. The molecule has 2 heterocycles. The molecule has 0 atom stereocenters. The normalized spacial score (nSPS) is 16.0. The number of benzene rings is 1. The highest BCUT2D eigenvalue weighted by atomic mass is 16.5. The first kappa shape index (κ1) is 7.56. The lowest BCUT2D eigenvalue weighted by Crippen LogP contribution is -2.19. The Morgan fingerprint density at radius 3 is 3.29 bits per heavy atom. The molecule has 3 rings (SSSR count). The lowest BCUT2D eigenvalue weighted by atomic mass is 10.1. The predicted molar refractivity (Wildman–Crippen MR) is 54.3 cm³/mol. The van der Waals surface area contributed by atoms with E-state index in [2.05, 4.69) is 23.2 Å². The molecule has 2 nitrogen and oxygen atoms in total. The van der Waals surface area contributed by atoms with Crippen LogP contribution in [0.5, 0.6) is 5.75 Å². The lowest BCUT2D eigenvalue weighted by Gasteiger charge is -2.08. The number of hydrogen-bond donors (Lipinski definition) is 0. The molecule has 68 valence electrons. The molecule has 0 aliphatic carbocycles. The first-order chi connectivity index (χ1) is 6.93. The summed E-state index contributed by atoms with van der Waals surface area (Å²) in [6, 6.07) is 4.13.